The van der Waals surface area contributed by atoms with Gasteiger partial charge in [-0.05, 0) is 42.9 Å². The number of rotatable bonds is 17. The van der Waals surface area contributed by atoms with Crippen molar-refractivity contribution in [3.63, 3.8) is 0 Å². The number of benzene rings is 2. The molecule has 0 spiro atoms. The molecule has 2 N–H and O–H groups in total. The highest BCUT2D eigenvalue weighted by atomic mass is 16.5. The van der Waals surface area contributed by atoms with Gasteiger partial charge < -0.3 is 9.64 Å². The van der Waals surface area contributed by atoms with Crippen molar-refractivity contribution in [1.29, 1.82) is 0 Å². The zero-order valence-electron chi connectivity index (χ0n) is 26.0. The Kier molecular flexibility index (Phi) is 12.8. The monoisotopic (exact) mass is 613 g/mol. The molecule has 10 heteroatoms. The van der Waals surface area contributed by atoms with E-state index in [1.807, 2.05) is 53.4 Å². The number of carbonyl (C=O) groups is 3. The fourth-order valence-corrected chi connectivity index (χ4v) is 5.48. The molecule has 0 bridgehead atoms. The number of hydrogen-bond acceptors (Lipinski definition) is 9. The highest BCUT2D eigenvalue weighted by Crippen LogP contribution is 2.31. The molecule has 1 aromatic heterocycles. The minimum atomic E-state index is -0.673. The van der Waals surface area contributed by atoms with E-state index in [9.17, 15) is 14.4 Å². The van der Waals surface area contributed by atoms with Crippen LogP contribution in [0.25, 0.3) is 11.1 Å². The number of nitrogens with one attached hydrogen (secondary N) is 1. The predicted molar refractivity (Wildman–Crippen MR) is 174 cm³/mol. The minimum absolute atomic E-state index is 0.159. The SMILES string of the molecule is C=C(CCCCC)CCCOc1ccccc1-c1ccc([C@H](CN2CCN(c3ncc(C(=O)NO)cn3)CC2)C(=O)C=O)cc1. The minimum Gasteiger partial charge on any atom is -0.493 e. The van der Waals surface area contributed by atoms with Gasteiger partial charge >= 0.3 is 0 Å². The van der Waals surface area contributed by atoms with Gasteiger partial charge in [-0.25, -0.2) is 15.4 Å². The normalized spacial score (nSPS) is 14.0. The van der Waals surface area contributed by atoms with Gasteiger partial charge in [-0.15, -0.1) is 0 Å². The Balaban J connectivity index is 1.34. The third kappa shape index (κ3) is 9.54. The van der Waals surface area contributed by atoms with Crippen molar-refractivity contribution in [1.82, 2.24) is 20.3 Å². The number of amides is 1. The van der Waals surface area contributed by atoms with E-state index in [2.05, 4.69) is 28.4 Å². The number of piperazine rings is 1. The van der Waals surface area contributed by atoms with Crippen LogP contribution in [0.2, 0.25) is 0 Å². The summed E-state index contributed by atoms with van der Waals surface area (Å²) in [4.78, 5) is 48.5. The highest BCUT2D eigenvalue weighted by molar-refractivity contribution is 6.27. The molecule has 2 heterocycles. The molecule has 2 aromatic carbocycles. The smallest absolute Gasteiger partial charge is 0.277 e. The fraction of sp³-hybridized carbons (Fsp3) is 0.400. The second kappa shape index (κ2) is 17.2. The van der Waals surface area contributed by atoms with Gasteiger partial charge in [-0.1, -0.05) is 74.4 Å². The molecule has 10 nitrogen and oxygen atoms in total. The molecule has 1 amide bonds. The fourth-order valence-electron chi connectivity index (χ4n) is 5.48. The van der Waals surface area contributed by atoms with Crippen molar-refractivity contribution in [2.75, 3.05) is 44.2 Å². The first-order valence-electron chi connectivity index (χ1n) is 15.6. The van der Waals surface area contributed by atoms with Crippen LogP contribution in [0, 0.1) is 0 Å². The van der Waals surface area contributed by atoms with Crippen LogP contribution >= 0.6 is 0 Å². The van der Waals surface area contributed by atoms with Gasteiger partial charge in [0.2, 0.25) is 11.7 Å². The Morgan fingerprint density at radius 2 is 1.69 bits per heavy atom. The van der Waals surface area contributed by atoms with E-state index in [1.165, 1.54) is 37.2 Å². The predicted octanol–water partition coefficient (Wildman–Crippen LogP) is 5.23. The first-order chi connectivity index (χ1) is 21.9. The third-order valence-corrected chi connectivity index (χ3v) is 8.13. The molecule has 0 unspecified atom stereocenters. The number of hydroxylamine groups is 1. The van der Waals surface area contributed by atoms with Gasteiger partial charge in [0.15, 0.2) is 6.29 Å². The average Bonchev–Trinajstić information content (AvgIpc) is 3.09. The highest BCUT2D eigenvalue weighted by Gasteiger charge is 2.26. The molecule has 238 valence electrons. The lowest BCUT2D eigenvalue weighted by molar-refractivity contribution is -0.131. The third-order valence-electron chi connectivity index (χ3n) is 8.13. The van der Waals surface area contributed by atoms with E-state index in [4.69, 9.17) is 9.94 Å². The molecule has 0 saturated carbocycles. The molecule has 1 atom stereocenters. The number of nitrogens with zero attached hydrogens (tertiary/aromatic N) is 4. The van der Waals surface area contributed by atoms with Crippen molar-refractivity contribution >= 4 is 23.9 Å². The van der Waals surface area contributed by atoms with Crippen LogP contribution in [0.3, 0.4) is 0 Å². The largest absolute Gasteiger partial charge is 0.493 e. The Morgan fingerprint density at radius 3 is 2.36 bits per heavy atom. The van der Waals surface area contributed by atoms with Crippen LogP contribution in [0.5, 0.6) is 5.75 Å². The molecule has 1 aliphatic rings. The lowest BCUT2D eigenvalue weighted by Crippen LogP contribution is -2.48. The molecule has 1 saturated heterocycles. The van der Waals surface area contributed by atoms with Gasteiger partial charge in [0.05, 0.1) is 18.1 Å². The van der Waals surface area contributed by atoms with Crippen molar-refractivity contribution < 1.29 is 24.3 Å². The number of Topliss-reactive ketones (excluding diaryl/α,β-unsaturated/α-hetero) is 1. The molecule has 0 aliphatic carbocycles. The maximum Gasteiger partial charge on any atom is 0.277 e. The number of unbranched alkanes of at least 4 members (excludes halogenated alkanes) is 2. The molecule has 1 aliphatic heterocycles. The summed E-state index contributed by atoms with van der Waals surface area (Å²) >= 11 is 0. The quantitative estimate of drug-likeness (QED) is 0.0526. The van der Waals surface area contributed by atoms with Crippen molar-refractivity contribution in [2.45, 2.75) is 51.4 Å². The van der Waals surface area contributed by atoms with Crippen molar-refractivity contribution in [3.8, 4) is 16.9 Å². The molecular weight excluding hydrogens is 570 g/mol. The summed E-state index contributed by atoms with van der Waals surface area (Å²) in [6.07, 6.45) is 9.76. The van der Waals surface area contributed by atoms with Gasteiger partial charge in [0.1, 0.15) is 5.75 Å². The van der Waals surface area contributed by atoms with E-state index in [-0.39, 0.29) is 5.56 Å². The molecule has 45 heavy (non-hydrogen) atoms. The Morgan fingerprint density at radius 1 is 1.00 bits per heavy atom. The van der Waals surface area contributed by atoms with Crippen LogP contribution < -0.4 is 15.1 Å². The van der Waals surface area contributed by atoms with E-state index in [1.54, 1.807) is 5.48 Å². The number of aldehydes is 1. The summed E-state index contributed by atoms with van der Waals surface area (Å²) in [7, 11) is 0. The van der Waals surface area contributed by atoms with Crippen molar-refractivity contribution in [2.24, 2.45) is 0 Å². The number of allylic oxidation sites excluding steroid dienone is 1. The van der Waals surface area contributed by atoms with Crippen LogP contribution in [0.1, 0.15) is 67.3 Å². The maximum atomic E-state index is 12.8. The number of ether oxygens (including phenoxy) is 1. The molecule has 0 radical (unpaired) electrons. The molecule has 3 aromatic rings. The summed E-state index contributed by atoms with van der Waals surface area (Å²) in [6, 6.07) is 15.8. The number of ketones is 1. The second-order valence-corrected chi connectivity index (χ2v) is 11.4. The van der Waals surface area contributed by atoms with Gasteiger partial charge in [-0.2, -0.15) is 0 Å². The van der Waals surface area contributed by atoms with E-state index < -0.39 is 17.6 Å². The average molecular weight is 614 g/mol. The summed E-state index contributed by atoms with van der Waals surface area (Å²) in [5.41, 5.74) is 5.76. The first-order valence-corrected chi connectivity index (χ1v) is 15.6. The zero-order chi connectivity index (χ0) is 32.0. The Hall–Kier alpha value is -4.41. The van der Waals surface area contributed by atoms with Gasteiger partial charge in [-0.3, -0.25) is 24.5 Å². The van der Waals surface area contributed by atoms with Crippen LogP contribution in [0.4, 0.5) is 5.95 Å². The number of anilines is 1. The van der Waals surface area contributed by atoms with E-state index in [0.717, 1.165) is 41.7 Å². The van der Waals surface area contributed by atoms with E-state index in [0.29, 0.717) is 51.6 Å². The second-order valence-electron chi connectivity index (χ2n) is 11.4. The van der Waals surface area contributed by atoms with Crippen molar-refractivity contribution in [3.05, 3.63) is 84.2 Å². The Bertz CT molecular complexity index is 1420. The summed E-state index contributed by atoms with van der Waals surface area (Å²) in [5, 5.41) is 8.77. The lowest BCUT2D eigenvalue weighted by atomic mass is 9.92. The maximum absolute atomic E-state index is 12.8. The van der Waals surface area contributed by atoms with Crippen LogP contribution in [-0.2, 0) is 9.59 Å². The van der Waals surface area contributed by atoms with Crippen LogP contribution in [-0.4, -0.2) is 77.4 Å². The molecular formula is C35H43N5O5. The number of para-hydroxylation sites is 1. The Labute approximate surface area is 265 Å². The number of aromatic nitrogens is 2. The lowest BCUT2D eigenvalue weighted by Gasteiger charge is -2.36. The topological polar surface area (TPSA) is 125 Å². The standard InChI is InChI=1S/C35H43N5O5/c1-3-4-5-9-26(2)10-8-21-45-33-12-7-6-11-30(33)27-13-15-28(16-14-27)31(32(42)25-41)24-39-17-19-40(20-18-39)35-36-22-29(23-37-35)34(43)38-44/h6-7,11-16,22-23,25,31,44H,2-5,8-10,17-21,24H2,1H3,(H,38,43)/t31-/m0/s1. The van der Waals surface area contributed by atoms with Gasteiger partial charge in [0.25, 0.3) is 5.91 Å². The zero-order valence-corrected chi connectivity index (χ0v) is 26.0. The van der Waals surface area contributed by atoms with E-state index >= 15 is 0 Å². The summed E-state index contributed by atoms with van der Waals surface area (Å²) in [6.45, 7) is 10.0. The number of hydrogen-bond donors (Lipinski definition) is 2. The number of carbonyl (C=O) groups excluding carboxylic acids is 3. The van der Waals surface area contributed by atoms with Gasteiger partial charge in [0, 0.05) is 50.7 Å². The molecule has 1 fully saturated rings. The summed E-state index contributed by atoms with van der Waals surface area (Å²) in [5.74, 6) is -0.403. The first kappa shape index (κ1) is 33.5. The molecule has 4 rings (SSSR count). The summed E-state index contributed by atoms with van der Waals surface area (Å²) < 4.78 is 6.17. The van der Waals surface area contributed by atoms with Crippen LogP contribution in [0.15, 0.2) is 73.1 Å².